The maximum atomic E-state index is 2.40. The summed E-state index contributed by atoms with van der Waals surface area (Å²) in [6, 6.07) is 56.2. The lowest BCUT2D eigenvalue weighted by Crippen LogP contribution is -1.87. The summed E-state index contributed by atoms with van der Waals surface area (Å²) in [5.41, 5.74) is 5.38. The van der Waals surface area contributed by atoms with Gasteiger partial charge in [0.2, 0.25) is 0 Å². The molecule has 64 heavy (non-hydrogen) atoms. The van der Waals surface area contributed by atoms with Crippen LogP contribution in [-0.2, 0) is 12.8 Å². The van der Waals surface area contributed by atoms with E-state index in [0.717, 1.165) is 0 Å². The molecule has 0 saturated carbocycles. The van der Waals surface area contributed by atoms with Gasteiger partial charge in [0, 0.05) is 19.2 Å². The summed E-state index contributed by atoms with van der Waals surface area (Å²) in [7, 11) is 0. The van der Waals surface area contributed by atoms with E-state index in [9.17, 15) is 0 Å². The molecule has 9 aromatic carbocycles. The molecule has 0 radical (unpaired) electrons. The van der Waals surface area contributed by atoms with Gasteiger partial charge >= 0.3 is 0 Å². The first kappa shape index (κ1) is 40.7. The fourth-order valence-corrected chi connectivity index (χ4v) is 11.8. The van der Waals surface area contributed by atoms with Crippen molar-refractivity contribution in [2.45, 2.75) is 78.1 Å². The molecule has 0 aliphatic rings. The molecule has 2 aromatic heterocycles. The third kappa shape index (κ3) is 8.62. The van der Waals surface area contributed by atoms with Crippen molar-refractivity contribution in [1.82, 2.24) is 0 Å². The Morgan fingerprint density at radius 2 is 0.656 bits per heavy atom. The predicted molar refractivity (Wildman–Crippen MR) is 289 cm³/mol. The Labute approximate surface area is 385 Å². The van der Waals surface area contributed by atoms with Gasteiger partial charge in [-0.3, -0.25) is 0 Å². The number of rotatable bonds is 14. The van der Waals surface area contributed by atoms with E-state index in [1.807, 2.05) is 22.7 Å². The number of unbranched alkanes of at least 4 members (excludes halogenated alkanes) is 6. The average Bonchev–Trinajstić information content (AvgIpc) is 3.91. The van der Waals surface area contributed by atoms with Crippen molar-refractivity contribution in [1.29, 1.82) is 0 Å². The van der Waals surface area contributed by atoms with Gasteiger partial charge in [-0.05, 0) is 220 Å². The molecule has 0 aliphatic heterocycles. The van der Waals surface area contributed by atoms with Crippen LogP contribution in [0, 0.1) is 0 Å². The van der Waals surface area contributed by atoms with E-state index in [1.165, 1.54) is 181 Å². The van der Waals surface area contributed by atoms with Gasteiger partial charge in [0.15, 0.2) is 0 Å². The van der Waals surface area contributed by atoms with Crippen molar-refractivity contribution >= 4 is 132 Å². The average molecular weight is 863 g/mol. The molecule has 0 N–H and O–H groups in total. The summed E-state index contributed by atoms with van der Waals surface area (Å²) in [6.07, 6.45) is 21.9. The van der Waals surface area contributed by atoms with Gasteiger partial charge in [-0.25, -0.2) is 0 Å². The van der Waals surface area contributed by atoms with Crippen molar-refractivity contribution in [3.63, 3.8) is 0 Å². The minimum absolute atomic E-state index is 1.17. The number of aryl methyl sites for hydroxylation is 2. The van der Waals surface area contributed by atoms with Crippen LogP contribution in [0.15, 0.2) is 146 Å². The second kappa shape index (κ2) is 17.8. The number of benzene rings is 9. The van der Waals surface area contributed by atoms with Gasteiger partial charge in [-0.2, -0.15) is 0 Å². The molecule has 0 spiro atoms. The second-order valence-electron chi connectivity index (χ2n) is 18.2. The Bertz CT molecular complexity index is 3270. The van der Waals surface area contributed by atoms with E-state index in [1.54, 1.807) is 0 Å². The molecule has 0 aliphatic carbocycles. The van der Waals surface area contributed by atoms with Crippen LogP contribution in [0.2, 0.25) is 0 Å². The first-order chi connectivity index (χ1) is 31.5. The van der Waals surface area contributed by atoms with Crippen LogP contribution in [0.25, 0.3) is 109 Å². The minimum atomic E-state index is 1.17. The molecular formula is C62H54S2. The molecule has 11 rings (SSSR count). The Kier molecular flexibility index (Phi) is 11.3. The lowest BCUT2D eigenvalue weighted by molar-refractivity contribution is 0.667. The molecule has 11 aromatic rings. The number of fused-ring (bicyclic) bond motifs is 8. The maximum Gasteiger partial charge on any atom is 0.0355 e. The summed E-state index contributed by atoms with van der Waals surface area (Å²) >= 11 is 3.75. The van der Waals surface area contributed by atoms with Gasteiger partial charge in [0.1, 0.15) is 0 Å². The highest BCUT2D eigenvalue weighted by Gasteiger charge is 2.09. The van der Waals surface area contributed by atoms with E-state index in [-0.39, 0.29) is 0 Å². The molecule has 0 unspecified atom stereocenters. The Morgan fingerprint density at radius 3 is 1.09 bits per heavy atom. The normalized spacial score (nSPS) is 12.4. The maximum absolute atomic E-state index is 2.40. The van der Waals surface area contributed by atoms with E-state index >= 15 is 0 Å². The zero-order chi connectivity index (χ0) is 43.0. The highest BCUT2D eigenvalue weighted by Crippen LogP contribution is 2.37. The topological polar surface area (TPSA) is 0 Å². The van der Waals surface area contributed by atoms with Crippen LogP contribution in [0.3, 0.4) is 0 Å². The largest absolute Gasteiger partial charge is 0.136 e. The molecule has 2 heterocycles. The van der Waals surface area contributed by atoms with E-state index in [0.29, 0.717) is 0 Å². The van der Waals surface area contributed by atoms with E-state index in [4.69, 9.17) is 0 Å². The molecule has 314 valence electrons. The summed E-state index contributed by atoms with van der Waals surface area (Å²) in [4.78, 5) is 2.56. The molecule has 0 amide bonds. The summed E-state index contributed by atoms with van der Waals surface area (Å²) in [5, 5.41) is 18.3. The smallest absolute Gasteiger partial charge is 0.0355 e. The van der Waals surface area contributed by atoms with Crippen molar-refractivity contribution < 1.29 is 0 Å². The fraction of sp³-hybridized carbons (Fsp3) is 0.194. The highest BCUT2D eigenvalue weighted by atomic mass is 32.1. The van der Waals surface area contributed by atoms with Crippen molar-refractivity contribution in [3.05, 3.63) is 178 Å². The van der Waals surface area contributed by atoms with E-state index in [2.05, 4.69) is 184 Å². The molecule has 2 heteroatoms. The van der Waals surface area contributed by atoms with Crippen LogP contribution in [0.5, 0.6) is 0 Å². The SMILES string of the molecule is CCCCCCc1ccc2cc3cc(/C=C/c4cc5cc6cc7cc8sc(/C=C/c9ccc%10cc%11cc(CCCCCC)ccc%11cc%10c9)cc8cc7cc6cc5s4)ccc3cc2c1. The van der Waals surface area contributed by atoms with Crippen LogP contribution < -0.4 is 0 Å². The number of hydrogen-bond acceptors (Lipinski definition) is 2. The Balaban J connectivity index is 0.798. The van der Waals surface area contributed by atoms with Crippen LogP contribution in [0.1, 0.15) is 97.2 Å². The highest BCUT2D eigenvalue weighted by molar-refractivity contribution is 7.20. The zero-order valence-electron chi connectivity index (χ0n) is 37.1. The standard InChI is InChI=1S/C62H54S2/c1-3-5-7-9-11-41-13-19-45-31-51-27-43(15-21-47(51)29-49(45)25-41)17-23-59-37-57-35-53-33-56-40-62-58(36-54(56)34-55(53)39-61(57)63-59)38-60(64-62)24-18-44-16-22-48-30-50-26-42(12-10-8-6-4-2)14-20-46(50)32-52(48)28-44/h13-40H,3-12H2,1-2H3/b23-17+,24-18+. The Morgan fingerprint density at radius 1 is 0.297 bits per heavy atom. The molecule has 0 nitrogen and oxygen atoms in total. The van der Waals surface area contributed by atoms with Gasteiger partial charge in [0.05, 0.1) is 0 Å². The fourth-order valence-electron chi connectivity index (χ4n) is 9.80. The third-order valence-corrected chi connectivity index (χ3v) is 15.5. The predicted octanol–water partition coefficient (Wildman–Crippen LogP) is 19.6. The number of hydrogen-bond donors (Lipinski definition) is 0. The van der Waals surface area contributed by atoms with Gasteiger partial charge in [-0.1, -0.05) is 125 Å². The quantitative estimate of drug-likeness (QED) is 0.0755. The van der Waals surface area contributed by atoms with E-state index < -0.39 is 0 Å². The third-order valence-electron chi connectivity index (χ3n) is 13.4. The van der Waals surface area contributed by atoms with Gasteiger partial charge in [-0.15, -0.1) is 22.7 Å². The van der Waals surface area contributed by atoms with Crippen LogP contribution in [-0.4, -0.2) is 0 Å². The lowest BCUT2D eigenvalue weighted by Gasteiger charge is -2.07. The van der Waals surface area contributed by atoms with Crippen molar-refractivity contribution in [2.24, 2.45) is 0 Å². The molecular weight excluding hydrogens is 809 g/mol. The first-order valence-corrected chi connectivity index (χ1v) is 25.3. The van der Waals surface area contributed by atoms with Gasteiger partial charge < -0.3 is 0 Å². The second-order valence-corrected chi connectivity index (χ2v) is 20.4. The summed E-state index contributed by atoms with van der Waals surface area (Å²) in [5.74, 6) is 0. The van der Waals surface area contributed by atoms with Crippen molar-refractivity contribution in [2.75, 3.05) is 0 Å². The van der Waals surface area contributed by atoms with Gasteiger partial charge in [0.25, 0.3) is 0 Å². The number of thiophene rings is 2. The first-order valence-electron chi connectivity index (χ1n) is 23.6. The zero-order valence-corrected chi connectivity index (χ0v) is 38.7. The molecule has 0 saturated heterocycles. The van der Waals surface area contributed by atoms with Crippen LogP contribution in [0.4, 0.5) is 0 Å². The molecule has 0 bridgehead atoms. The van der Waals surface area contributed by atoms with Crippen LogP contribution >= 0.6 is 22.7 Å². The summed E-state index contributed by atoms with van der Waals surface area (Å²) in [6.45, 7) is 4.56. The monoisotopic (exact) mass is 862 g/mol. The minimum Gasteiger partial charge on any atom is -0.136 e. The molecule has 0 atom stereocenters. The summed E-state index contributed by atoms with van der Waals surface area (Å²) < 4.78 is 2.66. The Hall–Kier alpha value is -6.06. The lowest BCUT2D eigenvalue weighted by atomic mass is 9.98. The molecule has 0 fully saturated rings. The van der Waals surface area contributed by atoms with Crippen molar-refractivity contribution in [3.8, 4) is 0 Å².